The number of alkyl halides is 3. The summed E-state index contributed by atoms with van der Waals surface area (Å²) >= 11 is 0. The van der Waals surface area contributed by atoms with Gasteiger partial charge >= 0.3 is 6.18 Å². The van der Waals surface area contributed by atoms with Gasteiger partial charge in [0.05, 0.1) is 10.5 Å². The van der Waals surface area contributed by atoms with E-state index in [9.17, 15) is 21.6 Å². The largest absolute Gasteiger partial charge is 0.416 e. The Kier molecular flexibility index (Phi) is 4.36. The first-order chi connectivity index (χ1) is 8.16. The van der Waals surface area contributed by atoms with Crippen LogP contribution in [0, 0.1) is 0 Å². The van der Waals surface area contributed by atoms with Crippen molar-refractivity contribution in [2.45, 2.75) is 24.0 Å². The lowest BCUT2D eigenvalue weighted by atomic mass is 10.2. The Morgan fingerprint density at radius 1 is 1.28 bits per heavy atom. The molecule has 8 heteroatoms. The average Bonchev–Trinajstić information content (AvgIpc) is 2.27. The van der Waals surface area contributed by atoms with Crippen LogP contribution >= 0.6 is 0 Å². The summed E-state index contributed by atoms with van der Waals surface area (Å²) in [6, 6.07) is 2.78. The molecule has 3 N–H and O–H groups in total. The maximum Gasteiger partial charge on any atom is 0.416 e. The van der Waals surface area contributed by atoms with Gasteiger partial charge in [0.15, 0.2) is 0 Å². The molecule has 1 rings (SSSR count). The van der Waals surface area contributed by atoms with E-state index in [1.165, 1.54) is 0 Å². The number of hydrogen-bond donors (Lipinski definition) is 2. The molecular formula is C10H13F3N2O2S. The zero-order chi connectivity index (χ0) is 14.0. The highest BCUT2D eigenvalue weighted by atomic mass is 32.2. The lowest BCUT2D eigenvalue weighted by Gasteiger charge is -2.12. The van der Waals surface area contributed by atoms with Gasteiger partial charge in [0.1, 0.15) is 0 Å². The molecular weight excluding hydrogens is 269 g/mol. The zero-order valence-electron chi connectivity index (χ0n) is 9.53. The van der Waals surface area contributed by atoms with E-state index >= 15 is 0 Å². The van der Waals surface area contributed by atoms with Crippen molar-refractivity contribution in [3.8, 4) is 0 Å². The number of nitrogens with one attached hydrogen (secondary N) is 1. The standard InChI is InChI=1S/C10H13F3N2O2S/c1-7(6-14)15-18(16,17)9-4-2-8(3-5-9)10(11,12)13/h2-5,7,15H,6,14H2,1H3. The lowest BCUT2D eigenvalue weighted by Crippen LogP contribution is -2.37. The summed E-state index contributed by atoms with van der Waals surface area (Å²) in [4.78, 5) is -0.226. The molecule has 4 nitrogen and oxygen atoms in total. The van der Waals surface area contributed by atoms with Gasteiger partial charge in [0.25, 0.3) is 0 Å². The molecule has 0 fully saturated rings. The molecule has 0 saturated heterocycles. The molecule has 1 aromatic rings. The fraction of sp³-hybridized carbons (Fsp3) is 0.400. The third-order valence-corrected chi connectivity index (χ3v) is 3.81. The van der Waals surface area contributed by atoms with Crippen LogP contribution in [0.3, 0.4) is 0 Å². The summed E-state index contributed by atoms with van der Waals surface area (Å²) in [5, 5.41) is 0. The van der Waals surface area contributed by atoms with E-state index in [0.29, 0.717) is 0 Å². The summed E-state index contributed by atoms with van der Waals surface area (Å²) in [5.74, 6) is 0. The number of nitrogens with two attached hydrogens (primary N) is 1. The number of hydrogen-bond acceptors (Lipinski definition) is 3. The molecule has 0 heterocycles. The Hall–Kier alpha value is -1.12. The third kappa shape index (κ3) is 3.69. The van der Waals surface area contributed by atoms with E-state index in [2.05, 4.69) is 4.72 Å². The molecule has 18 heavy (non-hydrogen) atoms. The minimum Gasteiger partial charge on any atom is -0.329 e. The van der Waals surface area contributed by atoms with Crippen molar-refractivity contribution in [3.05, 3.63) is 29.8 Å². The number of sulfonamides is 1. The van der Waals surface area contributed by atoms with Crippen molar-refractivity contribution < 1.29 is 21.6 Å². The second-order valence-electron chi connectivity index (χ2n) is 3.78. The zero-order valence-corrected chi connectivity index (χ0v) is 10.3. The molecule has 0 aliphatic carbocycles. The van der Waals surface area contributed by atoms with Gasteiger partial charge in [-0.25, -0.2) is 13.1 Å². The van der Waals surface area contributed by atoms with Crippen LogP contribution in [0.4, 0.5) is 13.2 Å². The van der Waals surface area contributed by atoms with Crippen molar-refractivity contribution in [2.24, 2.45) is 5.73 Å². The van der Waals surface area contributed by atoms with Crippen molar-refractivity contribution >= 4 is 10.0 Å². The Labute approximate surface area is 103 Å². The molecule has 0 aliphatic heterocycles. The Morgan fingerprint density at radius 3 is 2.17 bits per heavy atom. The van der Waals surface area contributed by atoms with Crippen LogP contribution in [0.2, 0.25) is 0 Å². The van der Waals surface area contributed by atoms with Crippen LogP contribution in [0.5, 0.6) is 0 Å². The van der Waals surface area contributed by atoms with E-state index < -0.39 is 27.8 Å². The Morgan fingerprint density at radius 2 is 1.78 bits per heavy atom. The van der Waals surface area contributed by atoms with Crippen molar-refractivity contribution in [2.75, 3.05) is 6.54 Å². The average molecular weight is 282 g/mol. The minimum atomic E-state index is -4.49. The van der Waals surface area contributed by atoms with E-state index in [1.54, 1.807) is 6.92 Å². The highest BCUT2D eigenvalue weighted by molar-refractivity contribution is 7.89. The molecule has 0 saturated carbocycles. The maximum absolute atomic E-state index is 12.3. The van der Waals surface area contributed by atoms with Gasteiger partial charge in [-0.05, 0) is 31.2 Å². The van der Waals surface area contributed by atoms with Crippen molar-refractivity contribution in [3.63, 3.8) is 0 Å². The van der Waals surface area contributed by atoms with Crippen LogP contribution in [0.1, 0.15) is 12.5 Å². The minimum absolute atomic E-state index is 0.0971. The van der Waals surface area contributed by atoms with Gasteiger partial charge in [0, 0.05) is 12.6 Å². The molecule has 1 aromatic carbocycles. The molecule has 0 radical (unpaired) electrons. The Balaban J connectivity index is 2.98. The fourth-order valence-electron chi connectivity index (χ4n) is 1.20. The molecule has 0 spiro atoms. The van der Waals surface area contributed by atoms with Gasteiger partial charge < -0.3 is 5.73 Å². The Bertz CT molecular complexity index is 497. The van der Waals surface area contributed by atoms with Crippen LogP contribution < -0.4 is 10.5 Å². The first-order valence-corrected chi connectivity index (χ1v) is 6.55. The SMILES string of the molecule is CC(CN)NS(=O)(=O)c1ccc(C(F)(F)F)cc1. The molecule has 0 aliphatic rings. The predicted molar refractivity (Wildman–Crippen MR) is 60.3 cm³/mol. The van der Waals surface area contributed by atoms with Gasteiger partial charge in [-0.2, -0.15) is 13.2 Å². The van der Waals surface area contributed by atoms with E-state index in [1.807, 2.05) is 0 Å². The van der Waals surface area contributed by atoms with E-state index in [-0.39, 0.29) is 11.4 Å². The second kappa shape index (κ2) is 5.25. The van der Waals surface area contributed by atoms with Crippen LogP contribution in [-0.2, 0) is 16.2 Å². The topological polar surface area (TPSA) is 72.2 Å². The monoisotopic (exact) mass is 282 g/mol. The maximum atomic E-state index is 12.3. The molecule has 102 valence electrons. The lowest BCUT2D eigenvalue weighted by molar-refractivity contribution is -0.137. The fourth-order valence-corrected chi connectivity index (χ4v) is 2.46. The number of halogens is 3. The first-order valence-electron chi connectivity index (χ1n) is 5.06. The van der Waals surface area contributed by atoms with Gasteiger partial charge in [-0.15, -0.1) is 0 Å². The van der Waals surface area contributed by atoms with E-state index in [4.69, 9.17) is 5.73 Å². The normalized spacial score (nSPS) is 14.5. The summed E-state index contributed by atoms with van der Waals surface area (Å²) in [7, 11) is -3.83. The summed E-state index contributed by atoms with van der Waals surface area (Å²) in [5.41, 5.74) is 4.37. The molecule has 0 aromatic heterocycles. The number of benzene rings is 1. The smallest absolute Gasteiger partial charge is 0.329 e. The highest BCUT2D eigenvalue weighted by Gasteiger charge is 2.30. The first kappa shape index (κ1) is 14.9. The van der Waals surface area contributed by atoms with Gasteiger partial charge in [-0.1, -0.05) is 0 Å². The highest BCUT2D eigenvalue weighted by Crippen LogP contribution is 2.29. The quantitative estimate of drug-likeness (QED) is 0.875. The summed E-state index contributed by atoms with van der Waals surface area (Å²) < 4.78 is 62.6. The third-order valence-electron chi connectivity index (χ3n) is 2.20. The van der Waals surface area contributed by atoms with Crippen molar-refractivity contribution in [1.29, 1.82) is 0 Å². The van der Waals surface area contributed by atoms with Crippen LogP contribution in [0.25, 0.3) is 0 Å². The van der Waals surface area contributed by atoms with Crippen LogP contribution in [-0.4, -0.2) is 21.0 Å². The number of rotatable bonds is 4. The summed E-state index contributed by atoms with van der Waals surface area (Å²) in [6.45, 7) is 1.65. The molecule has 1 atom stereocenters. The van der Waals surface area contributed by atoms with Gasteiger partial charge in [-0.3, -0.25) is 0 Å². The summed E-state index contributed by atoms with van der Waals surface area (Å²) in [6.07, 6.45) is -4.49. The second-order valence-corrected chi connectivity index (χ2v) is 5.49. The van der Waals surface area contributed by atoms with Gasteiger partial charge in [0.2, 0.25) is 10.0 Å². The van der Waals surface area contributed by atoms with E-state index in [0.717, 1.165) is 24.3 Å². The van der Waals surface area contributed by atoms with Crippen molar-refractivity contribution in [1.82, 2.24) is 4.72 Å². The predicted octanol–water partition coefficient (Wildman–Crippen LogP) is 1.33. The molecule has 0 amide bonds. The molecule has 1 unspecified atom stereocenters. The molecule has 0 bridgehead atoms. The van der Waals surface area contributed by atoms with Crippen LogP contribution in [0.15, 0.2) is 29.2 Å².